The number of nitrogens with two attached hydrogens (primary N) is 1. The largest absolute Gasteiger partial charge is 0.418 e. The Hall–Kier alpha value is -2.47. The van der Waals surface area contributed by atoms with Crippen molar-refractivity contribution in [1.29, 1.82) is 0 Å². The standard InChI is InChI=1S/C21H20F6N2O3S/c1-9(10-5-15(23)17(16(24)6-10)19(31)32-33-28)29-18(30)13-8-20(13,2)11-3-4-12(14(22)7-11)21(25,26)27/h4-7,9,11,13H,3,8,28H2,1-2H3,(H,29,30)/t9-,11?,13+,20+/m1/s1. The first-order valence-corrected chi connectivity index (χ1v) is 10.6. The fourth-order valence-electron chi connectivity index (χ4n) is 4.09. The lowest BCUT2D eigenvalue weighted by atomic mass is 9.81. The van der Waals surface area contributed by atoms with E-state index in [0.29, 0.717) is 6.42 Å². The molecule has 2 aliphatic carbocycles. The summed E-state index contributed by atoms with van der Waals surface area (Å²) in [6, 6.07) is 0.900. The Labute approximate surface area is 189 Å². The van der Waals surface area contributed by atoms with Crippen molar-refractivity contribution in [3.8, 4) is 0 Å². The van der Waals surface area contributed by atoms with Gasteiger partial charge in [0.2, 0.25) is 5.91 Å². The minimum absolute atomic E-state index is 0.0408. The Morgan fingerprint density at radius 2 is 1.85 bits per heavy atom. The van der Waals surface area contributed by atoms with Gasteiger partial charge in [-0.05, 0) is 54.9 Å². The molecule has 5 nitrogen and oxygen atoms in total. The van der Waals surface area contributed by atoms with Crippen LogP contribution in [0.25, 0.3) is 0 Å². The summed E-state index contributed by atoms with van der Waals surface area (Å²) in [4.78, 5) is 24.3. The van der Waals surface area contributed by atoms with E-state index in [-0.39, 0.29) is 24.2 Å². The summed E-state index contributed by atoms with van der Waals surface area (Å²) in [5, 5.41) is 7.55. The van der Waals surface area contributed by atoms with E-state index in [2.05, 4.69) is 9.50 Å². The summed E-state index contributed by atoms with van der Waals surface area (Å²) in [5.74, 6) is -6.75. The molecule has 1 amide bonds. The third kappa shape index (κ3) is 5.06. The highest BCUT2D eigenvalue weighted by atomic mass is 32.2. The van der Waals surface area contributed by atoms with Crippen LogP contribution in [0, 0.1) is 28.9 Å². The van der Waals surface area contributed by atoms with Crippen molar-refractivity contribution in [2.24, 2.45) is 22.4 Å². The molecule has 0 spiro atoms. The molecule has 12 heteroatoms. The van der Waals surface area contributed by atoms with Crippen LogP contribution in [0.4, 0.5) is 26.3 Å². The number of carbonyl (C=O) groups is 2. The Morgan fingerprint density at radius 1 is 1.24 bits per heavy atom. The van der Waals surface area contributed by atoms with E-state index < -0.39 is 69.9 Å². The van der Waals surface area contributed by atoms with E-state index in [0.717, 1.165) is 24.3 Å². The molecule has 180 valence electrons. The second-order valence-corrected chi connectivity index (χ2v) is 8.65. The van der Waals surface area contributed by atoms with Crippen molar-refractivity contribution in [3.05, 3.63) is 58.4 Å². The molecule has 0 saturated heterocycles. The fourth-order valence-corrected chi connectivity index (χ4v) is 4.26. The molecule has 0 bridgehead atoms. The highest BCUT2D eigenvalue weighted by Crippen LogP contribution is 2.60. The van der Waals surface area contributed by atoms with Crippen LogP contribution < -0.4 is 10.5 Å². The predicted molar refractivity (Wildman–Crippen MR) is 108 cm³/mol. The van der Waals surface area contributed by atoms with Crippen LogP contribution in [0.2, 0.25) is 0 Å². The molecule has 0 radical (unpaired) electrons. The van der Waals surface area contributed by atoms with Gasteiger partial charge < -0.3 is 9.50 Å². The Kier molecular flexibility index (Phi) is 6.90. The summed E-state index contributed by atoms with van der Waals surface area (Å²) in [5.41, 5.74) is -2.96. The van der Waals surface area contributed by atoms with Crippen LogP contribution in [-0.2, 0) is 8.98 Å². The van der Waals surface area contributed by atoms with Gasteiger partial charge in [0, 0.05) is 5.92 Å². The molecule has 1 aromatic carbocycles. The minimum atomic E-state index is -4.79. The predicted octanol–water partition coefficient (Wildman–Crippen LogP) is 5.21. The van der Waals surface area contributed by atoms with Crippen LogP contribution in [0.15, 0.2) is 35.7 Å². The van der Waals surface area contributed by atoms with Crippen LogP contribution in [0.1, 0.15) is 48.7 Å². The van der Waals surface area contributed by atoms with E-state index in [4.69, 9.17) is 5.14 Å². The molecule has 1 fully saturated rings. The summed E-state index contributed by atoms with van der Waals surface area (Å²) in [7, 11) is 0. The Balaban J connectivity index is 1.67. The zero-order chi connectivity index (χ0) is 24.7. The molecule has 4 atom stereocenters. The molecule has 0 heterocycles. The van der Waals surface area contributed by atoms with E-state index in [1.807, 2.05) is 0 Å². The molecule has 3 N–H and O–H groups in total. The van der Waals surface area contributed by atoms with Gasteiger partial charge in [-0.25, -0.2) is 23.1 Å². The van der Waals surface area contributed by atoms with E-state index in [1.54, 1.807) is 6.92 Å². The molecular formula is C21H20F6N2O3S. The van der Waals surface area contributed by atoms with Crippen LogP contribution in [0.3, 0.4) is 0 Å². The van der Waals surface area contributed by atoms with Gasteiger partial charge in [0.1, 0.15) is 35.3 Å². The fraction of sp³-hybridized carbons (Fsp3) is 0.429. The van der Waals surface area contributed by atoms with Gasteiger partial charge in [0.15, 0.2) is 0 Å². The number of nitrogens with one attached hydrogen (secondary N) is 1. The monoisotopic (exact) mass is 494 g/mol. The number of hydrogen-bond donors (Lipinski definition) is 2. The molecule has 0 aliphatic heterocycles. The number of benzene rings is 1. The van der Waals surface area contributed by atoms with Crippen LogP contribution >= 0.6 is 12.2 Å². The van der Waals surface area contributed by atoms with Crippen molar-refractivity contribution in [1.82, 2.24) is 5.32 Å². The second kappa shape index (κ2) is 9.05. The average Bonchev–Trinajstić information content (AvgIpc) is 3.39. The highest BCUT2D eigenvalue weighted by Gasteiger charge is 2.59. The van der Waals surface area contributed by atoms with Crippen molar-refractivity contribution < 1.29 is 40.1 Å². The van der Waals surface area contributed by atoms with Gasteiger partial charge in [-0.2, -0.15) is 13.2 Å². The maximum atomic E-state index is 14.2. The van der Waals surface area contributed by atoms with Gasteiger partial charge in [0.25, 0.3) is 0 Å². The summed E-state index contributed by atoms with van der Waals surface area (Å²) < 4.78 is 85.2. The summed E-state index contributed by atoms with van der Waals surface area (Å²) in [6.07, 6.45) is -2.83. The van der Waals surface area contributed by atoms with Gasteiger partial charge in [-0.1, -0.05) is 13.0 Å². The molecule has 0 aromatic heterocycles. The Morgan fingerprint density at radius 3 is 2.36 bits per heavy atom. The molecule has 3 rings (SSSR count). The molecule has 1 aromatic rings. The average molecular weight is 494 g/mol. The number of rotatable bonds is 6. The first-order chi connectivity index (χ1) is 15.3. The lowest BCUT2D eigenvalue weighted by Crippen LogP contribution is -2.31. The number of amides is 1. The maximum absolute atomic E-state index is 14.2. The molecule has 1 unspecified atom stereocenters. The second-order valence-electron chi connectivity index (χ2n) is 8.29. The molecular weight excluding hydrogens is 474 g/mol. The third-order valence-electron chi connectivity index (χ3n) is 6.18. The van der Waals surface area contributed by atoms with Crippen LogP contribution in [-0.4, -0.2) is 18.1 Å². The van der Waals surface area contributed by atoms with Crippen molar-refractivity contribution in [3.63, 3.8) is 0 Å². The molecule has 1 saturated carbocycles. The van der Waals surface area contributed by atoms with Gasteiger partial charge in [0.05, 0.1) is 11.6 Å². The SMILES string of the molecule is C[C@@H](NC(=O)[C@@H]1C[C@@]1(C)C1C=C(F)C(C(F)(F)F)=CC1)c1cc(F)c(C(=O)OSN)c(F)c1. The highest BCUT2D eigenvalue weighted by molar-refractivity contribution is 7.92. The summed E-state index contributed by atoms with van der Waals surface area (Å²) >= 11 is 0.137. The van der Waals surface area contributed by atoms with Crippen molar-refractivity contribution in [2.75, 3.05) is 0 Å². The minimum Gasteiger partial charge on any atom is -0.371 e. The normalized spacial score (nSPS) is 25.6. The quantitative estimate of drug-likeness (QED) is 0.323. The number of carbonyl (C=O) groups excluding carboxylic acids is 2. The first-order valence-electron chi connectivity index (χ1n) is 9.81. The van der Waals surface area contributed by atoms with Gasteiger partial charge in [-0.15, -0.1) is 0 Å². The zero-order valence-corrected chi connectivity index (χ0v) is 18.3. The number of alkyl halides is 3. The maximum Gasteiger partial charge on any atom is 0.418 e. The third-order valence-corrected chi connectivity index (χ3v) is 6.43. The van der Waals surface area contributed by atoms with Crippen molar-refractivity contribution >= 4 is 24.1 Å². The van der Waals surface area contributed by atoms with Crippen molar-refractivity contribution in [2.45, 2.75) is 38.9 Å². The number of halogens is 6. The van der Waals surface area contributed by atoms with E-state index >= 15 is 0 Å². The number of hydrogen-bond acceptors (Lipinski definition) is 5. The molecule has 2 aliphatic rings. The summed E-state index contributed by atoms with van der Waals surface area (Å²) in [6.45, 7) is 3.15. The Bertz CT molecular complexity index is 1020. The molecule has 33 heavy (non-hydrogen) atoms. The first kappa shape index (κ1) is 25.2. The van der Waals surface area contributed by atoms with Gasteiger partial charge >= 0.3 is 12.1 Å². The zero-order valence-electron chi connectivity index (χ0n) is 17.4. The van der Waals surface area contributed by atoms with E-state index in [1.165, 1.54) is 6.92 Å². The van der Waals surface area contributed by atoms with E-state index in [9.17, 15) is 35.9 Å². The lowest BCUT2D eigenvalue weighted by molar-refractivity contribution is -0.124. The lowest BCUT2D eigenvalue weighted by Gasteiger charge is -2.25. The topological polar surface area (TPSA) is 81.4 Å². The van der Waals surface area contributed by atoms with Gasteiger partial charge in [-0.3, -0.25) is 4.79 Å². The number of allylic oxidation sites excluding steroid dienone is 4. The van der Waals surface area contributed by atoms with Crippen LogP contribution in [0.5, 0.6) is 0 Å². The smallest absolute Gasteiger partial charge is 0.371 e.